The van der Waals surface area contributed by atoms with Crippen LogP contribution in [0.4, 0.5) is 0 Å². The lowest BCUT2D eigenvalue weighted by Crippen LogP contribution is -2.63. The van der Waals surface area contributed by atoms with Gasteiger partial charge in [-0.25, -0.2) is 8.42 Å². The highest BCUT2D eigenvalue weighted by molar-refractivity contribution is 7.80. The summed E-state index contributed by atoms with van der Waals surface area (Å²) in [5.41, 5.74) is -4.92. The summed E-state index contributed by atoms with van der Waals surface area (Å²) in [5.74, 6) is -3.32. The van der Waals surface area contributed by atoms with Crippen LogP contribution in [0.2, 0.25) is 0 Å². The van der Waals surface area contributed by atoms with E-state index in [0.717, 1.165) is 72.1 Å². The minimum atomic E-state index is -5.43. The number of carbonyl (C=O) groups is 2. The maximum absolute atomic E-state index is 13.5. The number of aliphatic hydroxyl groups is 3. The summed E-state index contributed by atoms with van der Waals surface area (Å²) in [6.45, 7) is 7.82. The van der Waals surface area contributed by atoms with Crippen molar-refractivity contribution in [3.63, 3.8) is 0 Å². The Morgan fingerprint density at radius 3 is 0.945 bits per heavy atom. The van der Waals surface area contributed by atoms with Gasteiger partial charge in [-0.3, -0.25) is 13.8 Å². The monoisotopic (exact) mass is 808 g/mol. The van der Waals surface area contributed by atoms with Crippen molar-refractivity contribution in [1.82, 2.24) is 6.15 Å². The van der Waals surface area contributed by atoms with Gasteiger partial charge in [0.05, 0.1) is 12.0 Å². The summed E-state index contributed by atoms with van der Waals surface area (Å²) in [5, 5.41) is 33.7. The largest absolute Gasteiger partial charge is 0.726 e. The molecule has 7 N–H and O–H groups in total. The van der Waals surface area contributed by atoms with Gasteiger partial charge in [-0.1, -0.05) is 194 Å². The number of rotatable bonds is 40. The van der Waals surface area contributed by atoms with E-state index in [4.69, 9.17) is 0 Å². The summed E-state index contributed by atoms with van der Waals surface area (Å²) < 4.78 is 39.7. The molecule has 55 heavy (non-hydrogen) atoms. The zero-order valence-corrected chi connectivity index (χ0v) is 37.4. The third-order valence-electron chi connectivity index (χ3n) is 11.4. The molecule has 0 saturated carbocycles. The molecule has 0 saturated heterocycles. The molecule has 0 aromatic carbocycles. The fourth-order valence-corrected chi connectivity index (χ4v) is 8.45. The minimum Gasteiger partial charge on any atom is -0.726 e. The summed E-state index contributed by atoms with van der Waals surface area (Å²) in [7, 11) is -5.43. The van der Waals surface area contributed by atoms with Crippen molar-refractivity contribution in [3.8, 4) is 0 Å². The topological polar surface area (TPSA) is 198 Å². The van der Waals surface area contributed by atoms with Gasteiger partial charge in [0, 0.05) is 12.8 Å². The van der Waals surface area contributed by atoms with Gasteiger partial charge in [0.15, 0.2) is 11.6 Å². The Labute approximate surface area is 338 Å². The van der Waals surface area contributed by atoms with Gasteiger partial charge in [-0.05, 0) is 33.6 Å². The number of quaternary nitrogens is 1. The molecule has 0 spiro atoms. The predicted octanol–water partition coefficient (Wildman–Crippen LogP) is 11.4. The Morgan fingerprint density at radius 2 is 0.745 bits per heavy atom. The number of unbranched alkanes of at least 4 members (excludes halogenated alkanes) is 28. The highest BCUT2D eigenvalue weighted by atomic mass is 32.3. The lowest BCUT2D eigenvalue weighted by molar-refractivity contribution is -0.185. The van der Waals surface area contributed by atoms with Crippen LogP contribution in [0.3, 0.4) is 0 Å². The number of hydrogen-bond donors (Lipinski definition) is 4. The van der Waals surface area contributed by atoms with E-state index in [0.29, 0.717) is 12.8 Å². The van der Waals surface area contributed by atoms with Gasteiger partial charge in [-0.2, -0.15) is 0 Å². The van der Waals surface area contributed by atoms with Crippen LogP contribution in [0.25, 0.3) is 0 Å². The fraction of sp³-hybridized carbons (Fsp3) is 0.955. The van der Waals surface area contributed by atoms with Crippen LogP contribution in [0.5, 0.6) is 0 Å². The molecule has 0 amide bonds. The van der Waals surface area contributed by atoms with Gasteiger partial charge in [0.25, 0.3) is 0 Å². The Balaban J connectivity index is 0. The van der Waals surface area contributed by atoms with Crippen LogP contribution in [0.1, 0.15) is 240 Å². The number of Topliss-reactive ketones (excluding diaryl/α,β-unsaturated/α-hetero) is 2. The molecule has 10 nitrogen and oxygen atoms in total. The molecule has 4 unspecified atom stereocenters. The molecule has 11 heteroatoms. The lowest BCUT2D eigenvalue weighted by atomic mass is 9.67. The minimum absolute atomic E-state index is 0. The third kappa shape index (κ3) is 28.2. The second-order valence-electron chi connectivity index (χ2n) is 16.7. The summed E-state index contributed by atoms with van der Waals surface area (Å²) in [4.78, 5) is 26.9. The van der Waals surface area contributed by atoms with Crippen LogP contribution in [0, 0.1) is 5.92 Å². The molecule has 330 valence electrons. The van der Waals surface area contributed by atoms with Crippen molar-refractivity contribution in [2.24, 2.45) is 5.92 Å². The lowest BCUT2D eigenvalue weighted by Gasteiger charge is -2.45. The quantitative estimate of drug-likeness (QED) is 0.0264. The molecule has 0 aromatic heterocycles. The number of carbonyl (C=O) groups excluding carboxylic acids is 2. The van der Waals surface area contributed by atoms with Gasteiger partial charge in [0.2, 0.25) is 10.4 Å². The first-order valence-electron chi connectivity index (χ1n) is 22.5. The molecule has 0 aromatic rings. The SMILES string of the molecule is CCCCCCCCCCCCCCCCCC(=O)C(C)(O)C(C(OS(=O)(=O)[O-])C(C)O)C(C)(O)C(=O)CCCCCCCCCCCCCCCCC.[NH4+]. The van der Waals surface area contributed by atoms with Crippen molar-refractivity contribution in [1.29, 1.82) is 0 Å². The standard InChI is InChI=1S/C44H86O9S.H3N/c1-6-8-10-12-14-16-18-20-22-24-26-28-30-32-34-36-39(46)43(4,48)42(41(38(3)45)53-54(50,51)52)44(5,49)40(47)37-35-33-31-29-27-25-23-21-19-17-15-13-11-9-7-2;/h38,41-42,45,48-49H,6-37H2,1-5H3,(H,50,51,52);1H3. The molecular weight excluding hydrogens is 719 g/mol. The predicted molar refractivity (Wildman–Crippen MR) is 226 cm³/mol. The first-order valence-corrected chi connectivity index (χ1v) is 23.8. The number of hydrogen-bond acceptors (Lipinski definition) is 9. The average molecular weight is 808 g/mol. The second-order valence-corrected chi connectivity index (χ2v) is 17.7. The fourth-order valence-electron chi connectivity index (χ4n) is 7.90. The van der Waals surface area contributed by atoms with E-state index in [1.54, 1.807) is 0 Å². The van der Waals surface area contributed by atoms with Gasteiger partial charge >= 0.3 is 0 Å². The summed E-state index contributed by atoms with van der Waals surface area (Å²) in [6, 6.07) is 0. The van der Waals surface area contributed by atoms with Gasteiger partial charge in [-0.15, -0.1) is 0 Å². The van der Waals surface area contributed by atoms with Crippen LogP contribution in [-0.4, -0.2) is 63.3 Å². The Kier molecular flexibility index (Phi) is 34.7. The van der Waals surface area contributed by atoms with E-state index in [1.165, 1.54) is 128 Å². The third-order valence-corrected chi connectivity index (χ3v) is 11.8. The maximum Gasteiger partial charge on any atom is 0.218 e. The van der Waals surface area contributed by atoms with E-state index < -0.39 is 51.3 Å². The molecule has 0 fully saturated rings. The zero-order valence-electron chi connectivity index (χ0n) is 36.6. The van der Waals surface area contributed by atoms with Crippen LogP contribution in [-0.2, 0) is 24.2 Å². The number of ketones is 2. The number of aliphatic hydroxyl groups excluding tert-OH is 1. The first kappa shape index (κ1) is 56.1. The normalized spacial score (nSPS) is 15.8. The zero-order chi connectivity index (χ0) is 40.7. The van der Waals surface area contributed by atoms with Crippen molar-refractivity contribution < 1.29 is 42.1 Å². The average Bonchev–Trinajstić information content (AvgIpc) is 3.10. The van der Waals surface area contributed by atoms with Crippen molar-refractivity contribution >= 4 is 22.0 Å². The highest BCUT2D eigenvalue weighted by Gasteiger charge is 2.57. The Hall–Kier alpha value is -0.950. The molecule has 0 rings (SSSR count). The molecule has 0 aliphatic heterocycles. The van der Waals surface area contributed by atoms with E-state index >= 15 is 0 Å². The first-order chi connectivity index (χ1) is 25.6. The summed E-state index contributed by atoms with van der Waals surface area (Å²) >= 11 is 0. The van der Waals surface area contributed by atoms with Crippen molar-refractivity contribution in [2.75, 3.05) is 0 Å². The summed E-state index contributed by atoms with van der Waals surface area (Å²) in [6.07, 6.45) is 30.8. The smallest absolute Gasteiger partial charge is 0.218 e. The van der Waals surface area contributed by atoms with E-state index in [-0.39, 0.29) is 19.0 Å². The van der Waals surface area contributed by atoms with Crippen LogP contribution >= 0.6 is 0 Å². The molecule has 0 radical (unpaired) electrons. The van der Waals surface area contributed by atoms with E-state index in [9.17, 15) is 37.9 Å². The van der Waals surface area contributed by atoms with E-state index in [2.05, 4.69) is 18.0 Å². The molecular formula is C44H89NO9S. The van der Waals surface area contributed by atoms with E-state index in [1.807, 2.05) is 0 Å². The van der Waals surface area contributed by atoms with Gasteiger partial charge in [0.1, 0.15) is 17.3 Å². The van der Waals surface area contributed by atoms with Crippen molar-refractivity contribution in [3.05, 3.63) is 0 Å². The molecule has 0 aliphatic carbocycles. The second kappa shape index (κ2) is 34.0. The Morgan fingerprint density at radius 1 is 0.527 bits per heavy atom. The van der Waals surface area contributed by atoms with Crippen LogP contribution in [0.15, 0.2) is 0 Å². The molecule has 0 bridgehead atoms. The van der Waals surface area contributed by atoms with Crippen molar-refractivity contribution in [2.45, 2.75) is 263 Å². The molecule has 0 heterocycles. The maximum atomic E-state index is 13.5. The van der Waals surface area contributed by atoms with Crippen LogP contribution < -0.4 is 6.15 Å². The highest BCUT2D eigenvalue weighted by Crippen LogP contribution is 2.38. The van der Waals surface area contributed by atoms with Gasteiger partial charge < -0.3 is 26.0 Å². The Bertz CT molecular complexity index is 974. The molecule has 0 aliphatic rings. The molecule has 4 atom stereocenters.